The number of nitrogens with two attached hydrogens (primary N) is 1. The number of aromatic amines is 2. The highest BCUT2D eigenvalue weighted by molar-refractivity contribution is 5.84. The molecular weight excluding hydrogens is 370 g/mol. The van der Waals surface area contributed by atoms with E-state index in [1.54, 1.807) is 13.4 Å². The summed E-state index contributed by atoms with van der Waals surface area (Å²) in [6.45, 7) is 0. The summed E-state index contributed by atoms with van der Waals surface area (Å²) in [5.41, 5.74) is 7.91. The van der Waals surface area contributed by atoms with Crippen LogP contribution in [-0.2, 0) is 4.79 Å². The van der Waals surface area contributed by atoms with Gasteiger partial charge in [0.1, 0.15) is 5.75 Å². The summed E-state index contributed by atoms with van der Waals surface area (Å²) < 4.78 is 5.27. The second-order valence-electron chi connectivity index (χ2n) is 7.46. The number of ether oxygens (including phenoxy) is 1. The van der Waals surface area contributed by atoms with Crippen molar-refractivity contribution in [1.82, 2.24) is 15.0 Å². The lowest BCUT2D eigenvalue weighted by atomic mass is 9.88. The van der Waals surface area contributed by atoms with Gasteiger partial charge in [-0.25, -0.2) is 4.98 Å². The average molecular weight is 392 g/mol. The molecule has 4 atom stereocenters. The number of nitrogens with one attached hydrogen (secondary N) is 4. The summed E-state index contributed by atoms with van der Waals surface area (Å²) in [5, 5.41) is 6.67. The quantitative estimate of drug-likeness (QED) is 0.471. The van der Waals surface area contributed by atoms with E-state index in [-0.39, 0.29) is 29.7 Å². The fourth-order valence-electron chi connectivity index (χ4n) is 4.43. The van der Waals surface area contributed by atoms with Crippen LogP contribution >= 0.6 is 0 Å². The van der Waals surface area contributed by atoms with Crippen molar-refractivity contribution in [2.24, 2.45) is 23.5 Å². The highest BCUT2D eigenvalue weighted by atomic mass is 16.5. The molecular formula is C20H22N7O2+. The molecule has 9 heteroatoms. The molecule has 0 saturated heterocycles. The number of hydrogen-bond donors (Lipinski definition) is 4. The minimum atomic E-state index is -0.280. The summed E-state index contributed by atoms with van der Waals surface area (Å²) >= 11 is 0. The number of hydrogen-bond acceptors (Lipinski definition) is 6. The van der Waals surface area contributed by atoms with Crippen LogP contribution in [0.2, 0.25) is 0 Å². The monoisotopic (exact) mass is 392 g/mol. The summed E-state index contributed by atoms with van der Waals surface area (Å²) in [6.07, 6.45) is 6.90. The topological polar surface area (TPSA) is 132 Å². The van der Waals surface area contributed by atoms with Crippen molar-refractivity contribution in [2.75, 3.05) is 17.7 Å². The molecule has 29 heavy (non-hydrogen) atoms. The number of allylic oxidation sites excluding steroid dienone is 1. The predicted molar refractivity (Wildman–Crippen MR) is 108 cm³/mol. The molecule has 1 aromatic carbocycles. The molecule has 1 saturated carbocycles. The van der Waals surface area contributed by atoms with Crippen LogP contribution in [0.4, 0.5) is 17.5 Å². The van der Waals surface area contributed by atoms with Crippen LogP contribution in [0.25, 0.3) is 11.2 Å². The van der Waals surface area contributed by atoms with E-state index in [0.717, 1.165) is 23.4 Å². The van der Waals surface area contributed by atoms with Crippen molar-refractivity contribution in [3.8, 4) is 5.75 Å². The van der Waals surface area contributed by atoms with Crippen molar-refractivity contribution in [3.63, 3.8) is 0 Å². The first-order valence-electron chi connectivity index (χ1n) is 9.54. The van der Waals surface area contributed by atoms with Gasteiger partial charge in [0, 0.05) is 17.8 Å². The zero-order valence-electron chi connectivity index (χ0n) is 15.8. The van der Waals surface area contributed by atoms with Gasteiger partial charge in [0.2, 0.25) is 11.4 Å². The minimum absolute atomic E-state index is 0.0893. The van der Waals surface area contributed by atoms with E-state index in [1.165, 1.54) is 0 Å². The van der Waals surface area contributed by atoms with Gasteiger partial charge in [-0.2, -0.15) is 4.98 Å². The van der Waals surface area contributed by atoms with Gasteiger partial charge >= 0.3 is 11.6 Å². The number of amides is 1. The van der Waals surface area contributed by atoms with Crippen molar-refractivity contribution in [1.29, 1.82) is 0 Å². The summed E-state index contributed by atoms with van der Waals surface area (Å²) in [4.78, 5) is 27.5. The summed E-state index contributed by atoms with van der Waals surface area (Å²) in [7, 11) is 1.62. The fraction of sp³-hybridized carbons (Fsp3) is 0.300. The van der Waals surface area contributed by atoms with Crippen LogP contribution < -0.4 is 26.1 Å². The number of benzene rings is 1. The zero-order chi connectivity index (χ0) is 20.0. The van der Waals surface area contributed by atoms with Gasteiger partial charge < -0.3 is 21.1 Å². The number of nitrogens with zero attached hydrogens (tertiary/aromatic N) is 2. The third-order valence-corrected chi connectivity index (χ3v) is 5.75. The number of primary amides is 1. The van der Waals surface area contributed by atoms with Gasteiger partial charge in [0.15, 0.2) is 12.1 Å². The lowest BCUT2D eigenvalue weighted by Gasteiger charge is -2.26. The first kappa shape index (κ1) is 17.5. The van der Waals surface area contributed by atoms with Gasteiger partial charge in [0.05, 0.1) is 13.0 Å². The molecule has 4 unspecified atom stereocenters. The second-order valence-corrected chi connectivity index (χ2v) is 7.46. The third kappa shape index (κ3) is 3.04. The van der Waals surface area contributed by atoms with Crippen LogP contribution in [-0.4, -0.2) is 34.0 Å². The molecule has 1 fully saturated rings. The molecule has 2 heterocycles. The third-order valence-electron chi connectivity index (χ3n) is 5.75. The number of H-pyrrole nitrogens is 2. The van der Waals surface area contributed by atoms with E-state index < -0.39 is 0 Å². The van der Waals surface area contributed by atoms with E-state index in [0.29, 0.717) is 17.4 Å². The largest absolute Gasteiger partial charge is 0.497 e. The van der Waals surface area contributed by atoms with Crippen molar-refractivity contribution >= 4 is 34.5 Å². The first-order chi connectivity index (χ1) is 14.1. The molecule has 2 bridgehead atoms. The lowest BCUT2D eigenvalue weighted by Crippen LogP contribution is -2.41. The van der Waals surface area contributed by atoms with Crippen LogP contribution in [0, 0.1) is 17.8 Å². The maximum Gasteiger partial charge on any atom is 0.307 e. The normalized spacial score (nSPS) is 24.7. The number of rotatable bonds is 6. The molecule has 148 valence electrons. The number of carbonyl (C=O) groups is 1. The molecule has 3 aromatic rings. The highest BCUT2D eigenvalue weighted by Gasteiger charge is 2.47. The molecule has 0 radical (unpaired) electrons. The Morgan fingerprint density at radius 1 is 1.31 bits per heavy atom. The van der Waals surface area contributed by atoms with Gasteiger partial charge in [-0.3, -0.25) is 9.78 Å². The number of fused-ring (bicyclic) bond motifs is 3. The van der Waals surface area contributed by atoms with Crippen LogP contribution in [0.5, 0.6) is 5.75 Å². The maximum atomic E-state index is 12.1. The lowest BCUT2D eigenvalue weighted by molar-refractivity contribution is -0.347. The smallest absolute Gasteiger partial charge is 0.307 e. The van der Waals surface area contributed by atoms with E-state index in [1.807, 2.05) is 24.3 Å². The average Bonchev–Trinajstić information content (AvgIpc) is 3.44. The van der Waals surface area contributed by atoms with Gasteiger partial charge in [-0.05, 0) is 30.4 Å². The highest BCUT2D eigenvalue weighted by Crippen LogP contribution is 2.45. The Balaban J connectivity index is 1.48. The SMILES string of the molecule is COc1cccc(Nc2nc(NC3C4C=CC(C4)C3C(N)=O)c3[nH]c[nH+]c3n2)c1. The van der Waals surface area contributed by atoms with Crippen LogP contribution in [0.3, 0.4) is 0 Å². The molecule has 6 N–H and O–H groups in total. The Morgan fingerprint density at radius 3 is 3.00 bits per heavy atom. The van der Waals surface area contributed by atoms with E-state index in [2.05, 4.69) is 42.7 Å². The fourth-order valence-corrected chi connectivity index (χ4v) is 4.43. The number of anilines is 3. The Hall–Kier alpha value is -3.62. The Morgan fingerprint density at radius 2 is 2.17 bits per heavy atom. The summed E-state index contributed by atoms with van der Waals surface area (Å²) in [6, 6.07) is 7.45. The molecule has 5 rings (SSSR count). The standard InChI is InChI=1S/C20H21N7O2/c1-29-13-4-2-3-12(8-13)24-20-26-18-16(22-9-23-18)19(27-20)25-15-11-6-5-10(7-11)14(15)17(21)28/h2-6,8-11,14-15H,7H2,1H3,(H2,21,28)(H3,22,23,24,25,26,27)/p+1. The molecule has 0 spiro atoms. The first-order valence-corrected chi connectivity index (χ1v) is 9.54. The van der Waals surface area contributed by atoms with Gasteiger partial charge in [-0.1, -0.05) is 23.2 Å². The minimum Gasteiger partial charge on any atom is -0.497 e. The van der Waals surface area contributed by atoms with Crippen molar-refractivity contribution in [3.05, 3.63) is 42.7 Å². The van der Waals surface area contributed by atoms with Gasteiger partial charge in [-0.15, -0.1) is 0 Å². The Labute approximate surface area is 166 Å². The number of methoxy groups -OCH3 is 1. The van der Waals surface area contributed by atoms with E-state index in [4.69, 9.17) is 10.5 Å². The van der Waals surface area contributed by atoms with E-state index in [9.17, 15) is 4.79 Å². The summed E-state index contributed by atoms with van der Waals surface area (Å²) in [5.74, 6) is 1.72. The van der Waals surface area contributed by atoms with Crippen LogP contribution in [0.15, 0.2) is 42.7 Å². The Bertz CT molecular complexity index is 1110. The number of aromatic nitrogens is 4. The molecule has 2 aromatic heterocycles. The predicted octanol–water partition coefficient (Wildman–Crippen LogP) is 1.61. The van der Waals surface area contributed by atoms with E-state index >= 15 is 0 Å². The second kappa shape index (κ2) is 6.77. The molecule has 1 amide bonds. The van der Waals surface area contributed by atoms with Crippen LogP contribution in [0.1, 0.15) is 6.42 Å². The molecule has 2 aliphatic rings. The molecule has 2 aliphatic carbocycles. The molecule has 9 nitrogen and oxygen atoms in total. The molecule has 0 aliphatic heterocycles. The Kier molecular flexibility index (Phi) is 4.08. The maximum absolute atomic E-state index is 12.1. The van der Waals surface area contributed by atoms with Crippen molar-refractivity contribution < 1.29 is 14.5 Å². The van der Waals surface area contributed by atoms with Crippen molar-refractivity contribution in [2.45, 2.75) is 12.5 Å². The number of imidazole rings is 1. The van der Waals surface area contributed by atoms with Gasteiger partial charge in [0.25, 0.3) is 0 Å². The number of carbonyl (C=O) groups excluding carboxylic acids is 1. The zero-order valence-corrected chi connectivity index (χ0v) is 15.8.